The standard InChI is InChI=1S/C7H12N2O3/c1-12-7(11)2-3-9-5-8-4-6(9)10/h8H,2-5H2,1H3. The molecule has 12 heavy (non-hydrogen) atoms. The third-order valence-electron chi connectivity index (χ3n) is 1.75. The third kappa shape index (κ3) is 2.20. The normalized spacial score (nSPS) is 16.8. The summed E-state index contributed by atoms with van der Waals surface area (Å²) in [5.41, 5.74) is 0. The lowest BCUT2D eigenvalue weighted by Gasteiger charge is -2.12. The first-order valence-electron chi connectivity index (χ1n) is 3.79. The molecule has 1 rings (SSSR count). The number of carbonyl (C=O) groups excluding carboxylic acids is 2. The van der Waals surface area contributed by atoms with Gasteiger partial charge in [0.1, 0.15) is 0 Å². The first-order chi connectivity index (χ1) is 5.74. The van der Waals surface area contributed by atoms with Crippen LogP contribution in [0, 0.1) is 0 Å². The van der Waals surface area contributed by atoms with Gasteiger partial charge in [0.2, 0.25) is 5.91 Å². The molecule has 1 saturated heterocycles. The van der Waals surface area contributed by atoms with Gasteiger partial charge in [-0.15, -0.1) is 0 Å². The summed E-state index contributed by atoms with van der Waals surface area (Å²) in [5.74, 6) is -0.242. The molecule has 1 aliphatic heterocycles. The minimum atomic E-state index is -0.283. The van der Waals surface area contributed by atoms with Crippen LogP contribution in [0.2, 0.25) is 0 Å². The van der Waals surface area contributed by atoms with E-state index in [9.17, 15) is 9.59 Å². The monoisotopic (exact) mass is 172 g/mol. The molecule has 1 amide bonds. The highest BCUT2D eigenvalue weighted by Gasteiger charge is 2.19. The quantitative estimate of drug-likeness (QED) is 0.551. The van der Waals surface area contributed by atoms with Gasteiger partial charge in [0.15, 0.2) is 0 Å². The number of amides is 1. The van der Waals surface area contributed by atoms with Gasteiger partial charge in [-0.25, -0.2) is 0 Å². The molecule has 1 heterocycles. The maximum Gasteiger partial charge on any atom is 0.307 e. The van der Waals surface area contributed by atoms with Crippen molar-refractivity contribution >= 4 is 11.9 Å². The number of hydrogen-bond donors (Lipinski definition) is 1. The Kier molecular flexibility index (Phi) is 3.04. The van der Waals surface area contributed by atoms with Crippen LogP contribution >= 0.6 is 0 Å². The summed E-state index contributed by atoms with van der Waals surface area (Å²) in [6.07, 6.45) is 0.268. The molecule has 0 aliphatic carbocycles. The van der Waals surface area contributed by atoms with E-state index in [2.05, 4.69) is 10.1 Å². The Morgan fingerprint density at radius 3 is 3.00 bits per heavy atom. The van der Waals surface area contributed by atoms with E-state index in [4.69, 9.17) is 0 Å². The molecule has 0 unspecified atom stereocenters. The summed E-state index contributed by atoms with van der Waals surface area (Å²) >= 11 is 0. The lowest BCUT2D eigenvalue weighted by molar-refractivity contribution is -0.141. The maximum atomic E-state index is 11.0. The summed E-state index contributed by atoms with van der Waals surface area (Å²) in [6, 6.07) is 0. The molecule has 1 N–H and O–H groups in total. The van der Waals surface area contributed by atoms with Gasteiger partial charge in [-0.3, -0.25) is 14.9 Å². The molecule has 5 nitrogen and oxygen atoms in total. The molecule has 68 valence electrons. The maximum absolute atomic E-state index is 11.0. The zero-order valence-electron chi connectivity index (χ0n) is 7.00. The summed E-state index contributed by atoms with van der Waals surface area (Å²) in [4.78, 5) is 23.3. The van der Waals surface area contributed by atoms with Crippen molar-refractivity contribution in [1.29, 1.82) is 0 Å². The highest BCUT2D eigenvalue weighted by molar-refractivity contribution is 5.80. The Hall–Kier alpha value is -1.10. The minimum absolute atomic E-state index is 0.0407. The zero-order chi connectivity index (χ0) is 8.97. The number of carbonyl (C=O) groups is 2. The highest BCUT2D eigenvalue weighted by atomic mass is 16.5. The lowest BCUT2D eigenvalue weighted by atomic mass is 10.4. The van der Waals surface area contributed by atoms with Crippen molar-refractivity contribution in [2.45, 2.75) is 6.42 Å². The van der Waals surface area contributed by atoms with E-state index in [0.29, 0.717) is 19.8 Å². The van der Waals surface area contributed by atoms with E-state index in [1.54, 1.807) is 4.90 Å². The van der Waals surface area contributed by atoms with Gasteiger partial charge < -0.3 is 9.64 Å². The Bertz CT molecular complexity index is 193. The van der Waals surface area contributed by atoms with E-state index < -0.39 is 0 Å². The number of hydrogen-bond acceptors (Lipinski definition) is 4. The van der Waals surface area contributed by atoms with Crippen molar-refractivity contribution in [3.8, 4) is 0 Å². The van der Waals surface area contributed by atoms with Crippen molar-refractivity contribution in [1.82, 2.24) is 10.2 Å². The lowest BCUT2D eigenvalue weighted by Crippen LogP contribution is -2.29. The summed E-state index contributed by atoms with van der Waals surface area (Å²) in [6.45, 7) is 1.36. The van der Waals surface area contributed by atoms with Crippen LogP contribution in [0.15, 0.2) is 0 Å². The van der Waals surface area contributed by atoms with Crippen molar-refractivity contribution < 1.29 is 14.3 Å². The average molecular weight is 172 g/mol. The van der Waals surface area contributed by atoms with Gasteiger partial charge in [-0.05, 0) is 0 Å². The van der Waals surface area contributed by atoms with Crippen molar-refractivity contribution in [3.05, 3.63) is 0 Å². The van der Waals surface area contributed by atoms with Crippen LogP contribution < -0.4 is 5.32 Å². The van der Waals surface area contributed by atoms with E-state index in [1.807, 2.05) is 0 Å². The van der Waals surface area contributed by atoms with Crippen LogP contribution in [-0.4, -0.2) is 43.6 Å². The Labute approximate surface area is 70.7 Å². The first kappa shape index (κ1) is 8.99. The molecule has 0 radical (unpaired) electrons. The fourth-order valence-corrected chi connectivity index (χ4v) is 1.03. The van der Waals surface area contributed by atoms with Crippen LogP contribution in [-0.2, 0) is 14.3 Å². The first-order valence-corrected chi connectivity index (χ1v) is 3.79. The largest absolute Gasteiger partial charge is 0.469 e. The van der Waals surface area contributed by atoms with E-state index in [0.717, 1.165) is 0 Å². The highest BCUT2D eigenvalue weighted by Crippen LogP contribution is 1.97. The van der Waals surface area contributed by atoms with Gasteiger partial charge in [-0.2, -0.15) is 0 Å². The number of ether oxygens (including phenoxy) is 1. The zero-order valence-corrected chi connectivity index (χ0v) is 7.00. The molecule has 1 fully saturated rings. The molecular formula is C7H12N2O3. The SMILES string of the molecule is COC(=O)CCN1CNCC1=O. The van der Waals surface area contributed by atoms with E-state index in [1.165, 1.54) is 7.11 Å². The predicted octanol–water partition coefficient (Wildman–Crippen LogP) is -1.06. The molecular weight excluding hydrogens is 160 g/mol. The number of nitrogens with one attached hydrogen (secondary N) is 1. The van der Waals surface area contributed by atoms with Gasteiger partial charge in [0, 0.05) is 6.54 Å². The molecule has 0 saturated carbocycles. The molecule has 0 aromatic rings. The number of rotatable bonds is 3. The van der Waals surface area contributed by atoms with Crippen molar-refractivity contribution in [2.24, 2.45) is 0 Å². The summed E-state index contributed by atoms with van der Waals surface area (Å²) < 4.78 is 4.45. The number of nitrogens with zero attached hydrogens (tertiary/aromatic N) is 1. The van der Waals surface area contributed by atoms with Crippen LogP contribution in [0.5, 0.6) is 0 Å². The van der Waals surface area contributed by atoms with Gasteiger partial charge in [0.25, 0.3) is 0 Å². The Morgan fingerprint density at radius 1 is 1.75 bits per heavy atom. The molecule has 5 heteroatoms. The molecule has 1 aliphatic rings. The van der Waals surface area contributed by atoms with Crippen LogP contribution in [0.3, 0.4) is 0 Å². The fourth-order valence-electron chi connectivity index (χ4n) is 1.03. The van der Waals surface area contributed by atoms with Crippen molar-refractivity contribution in [2.75, 3.05) is 26.9 Å². The third-order valence-corrected chi connectivity index (χ3v) is 1.75. The van der Waals surface area contributed by atoms with Gasteiger partial charge >= 0.3 is 5.97 Å². The fraction of sp³-hybridized carbons (Fsp3) is 0.714. The molecule has 0 spiro atoms. The summed E-state index contributed by atoms with van der Waals surface area (Å²) in [7, 11) is 1.34. The topological polar surface area (TPSA) is 58.6 Å². The van der Waals surface area contributed by atoms with Gasteiger partial charge in [0.05, 0.1) is 26.7 Å². The smallest absolute Gasteiger partial charge is 0.307 e. The number of methoxy groups -OCH3 is 1. The van der Waals surface area contributed by atoms with Crippen molar-refractivity contribution in [3.63, 3.8) is 0 Å². The number of esters is 1. The molecule has 0 aromatic heterocycles. The summed E-state index contributed by atoms with van der Waals surface area (Å²) in [5, 5.41) is 2.89. The Balaban J connectivity index is 2.22. The molecule has 0 aromatic carbocycles. The van der Waals surface area contributed by atoms with Crippen LogP contribution in [0.4, 0.5) is 0 Å². The second-order valence-corrected chi connectivity index (χ2v) is 2.57. The second kappa shape index (κ2) is 4.06. The van der Waals surface area contributed by atoms with E-state index in [-0.39, 0.29) is 18.3 Å². The molecule has 0 bridgehead atoms. The average Bonchev–Trinajstić information content (AvgIpc) is 2.47. The van der Waals surface area contributed by atoms with Crippen LogP contribution in [0.1, 0.15) is 6.42 Å². The molecule has 0 atom stereocenters. The van der Waals surface area contributed by atoms with Crippen LogP contribution in [0.25, 0.3) is 0 Å². The Morgan fingerprint density at radius 2 is 2.50 bits per heavy atom. The second-order valence-electron chi connectivity index (χ2n) is 2.57. The minimum Gasteiger partial charge on any atom is -0.469 e. The van der Waals surface area contributed by atoms with E-state index >= 15 is 0 Å². The predicted molar refractivity (Wildman–Crippen MR) is 41.2 cm³/mol. The van der Waals surface area contributed by atoms with Gasteiger partial charge in [-0.1, -0.05) is 0 Å².